The molecule has 0 aromatic heterocycles. The van der Waals surface area contributed by atoms with Gasteiger partial charge in [0.15, 0.2) is 0 Å². The Morgan fingerprint density at radius 1 is 1.04 bits per heavy atom. The molecule has 1 amide bonds. The molecule has 1 aromatic rings. The molecule has 1 saturated heterocycles. The van der Waals surface area contributed by atoms with E-state index in [0.29, 0.717) is 31.7 Å². The Kier molecular flexibility index (Phi) is 4.76. The van der Waals surface area contributed by atoms with Gasteiger partial charge in [-0.15, -0.1) is 0 Å². The first-order chi connectivity index (χ1) is 10.5. The first-order valence-electron chi connectivity index (χ1n) is 7.69. The fraction of sp³-hybridized carbons (Fsp3) is 0.588. The molecule has 2 rings (SSSR count). The molecular weight excluding hydrogens is 305 g/mol. The highest BCUT2D eigenvalue weighted by Gasteiger charge is 2.37. The second-order valence-corrected chi connectivity index (χ2v) is 7.10. The molecule has 0 saturated carbocycles. The quantitative estimate of drug-likeness (QED) is 0.789. The average Bonchev–Trinajstić information content (AvgIpc) is 2.45. The molecule has 1 aromatic carbocycles. The molecule has 0 spiro atoms. The van der Waals surface area contributed by atoms with E-state index < -0.39 is 23.1 Å². The lowest BCUT2D eigenvalue weighted by atomic mass is 9.85. The number of halogens is 3. The molecular formula is C17H23F3N2O. The summed E-state index contributed by atoms with van der Waals surface area (Å²) in [7, 11) is 1.93. The van der Waals surface area contributed by atoms with Crippen molar-refractivity contribution in [3.8, 4) is 0 Å². The molecule has 0 N–H and O–H groups in total. The van der Waals surface area contributed by atoms with Gasteiger partial charge < -0.3 is 9.80 Å². The molecule has 0 atom stereocenters. The fourth-order valence-electron chi connectivity index (χ4n) is 2.61. The van der Waals surface area contributed by atoms with Gasteiger partial charge in [0.2, 0.25) is 0 Å². The summed E-state index contributed by atoms with van der Waals surface area (Å²) in [6.07, 6.45) is -4.54. The van der Waals surface area contributed by atoms with Crippen LogP contribution in [0.2, 0.25) is 0 Å². The van der Waals surface area contributed by atoms with Gasteiger partial charge in [0.1, 0.15) is 0 Å². The Bertz CT molecular complexity index is 582. The van der Waals surface area contributed by atoms with Crippen molar-refractivity contribution >= 4 is 5.91 Å². The number of amides is 1. The fourth-order valence-corrected chi connectivity index (χ4v) is 2.61. The lowest BCUT2D eigenvalue weighted by Crippen LogP contribution is -2.47. The van der Waals surface area contributed by atoms with Crippen LogP contribution < -0.4 is 0 Å². The summed E-state index contributed by atoms with van der Waals surface area (Å²) in [4.78, 5) is 16.1. The van der Waals surface area contributed by atoms with Crippen LogP contribution in [0.4, 0.5) is 13.2 Å². The number of likely N-dealkylation sites (N-methyl/N-ethyl adjacent to an activating group) is 1. The molecule has 3 nitrogen and oxygen atoms in total. The molecule has 1 fully saturated rings. The van der Waals surface area contributed by atoms with E-state index in [9.17, 15) is 18.0 Å². The van der Waals surface area contributed by atoms with Gasteiger partial charge in [-0.3, -0.25) is 4.79 Å². The van der Waals surface area contributed by atoms with Crippen LogP contribution in [0.25, 0.3) is 0 Å². The number of rotatable bonds is 1. The summed E-state index contributed by atoms with van der Waals surface area (Å²) in [6, 6.07) is 4.06. The zero-order valence-electron chi connectivity index (χ0n) is 14.0. The van der Waals surface area contributed by atoms with Crippen molar-refractivity contribution in [3.63, 3.8) is 0 Å². The van der Waals surface area contributed by atoms with Gasteiger partial charge in [0, 0.05) is 26.2 Å². The van der Waals surface area contributed by atoms with E-state index in [1.807, 2.05) is 27.8 Å². The molecule has 1 aliphatic heterocycles. The first-order valence-corrected chi connectivity index (χ1v) is 7.69. The largest absolute Gasteiger partial charge is 0.417 e. The van der Waals surface area contributed by atoms with E-state index in [1.165, 1.54) is 11.0 Å². The summed E-state index contributed by atoms with van der Waals surface area (Å²) in [5.41, 5.74) is -0.932. The number of hydrogen-bond donors (Lipinski definition) is 0. The highest BCUT2D eigenvalue weighted by molar-refractivity contribution is 5.96. The van der Waals surface area contributed by atoms with Crippen LogP contribution in [0.1, 0.15) is 42.3 Å². The number of carbonyl (C=O) groups excluding carboxylic acids is 1. The van der Waals surface area contributed by atoms with Crippen LogP contribution in [0.15, 0.2) is 18.2 Å². The Labute approximate surface area is 135 Å². The van der Waals surface area contributed by atoms with Gasteiger partial charge in [0.05, 0.1) is 11.1 Å². The van der Waals surface area contributed by atoms with Crippen LogP contribution in [0.5, 0.6) is 0 Å². The predicted molar refractivity (Wildman–Crippen MR) is 83.5 cm³/mol. The minimum absolute atomic E-state index is 0.255. The number of alkyl halides is 3. The summed E-state index contributed by atoms with van der Waals surface area (Å²) in [5, 5.41) is 0. The van der Waals surface area contributed by atoms with Crippen molar-refractivity contribution in [3.05, 3.63) is 34.9 Å². The van der Waals surface area contributed by atoms with Crippen LogP contribution in [0, 0.1) is 0 Å². The summed E-state index contributed by atoms with van der Waals surface area (Å²) in [5.74, 6) is -0.536. The summed E-state index contributed by atoms with van der Waals surface area (Å²) >= 11 is 0. The first kappa shape index (κ1) is 17.8. The minimum Gasteiger partial charge on any atom is -0.336 e. The van der Waals surface area contributed by atoms with Gasteiger partial charge >= 0.3 is 6.18 Å². The normalized spacial score (nSPS) is 17.4. The average molecular weight is 328 g/mol. The Morgan fingerprint density at radius 3 is 2.09 bits per heavy atom. The highest BCUT2D eigenvalue weighted by atomic mass is 19.4. The standard InChI is InChI=1S/C17H23F3N2O/c1-16(2,3)12-5-6-13(14(11-12)17(18,19)20)15(23)22-9-7-21(4)8-10-22/h5-6,11H,7-10H2,1-4H3. The van der Waals surface area contributed by atoms with Crippen molar-refractivity contribution in [2.45, 2.75) is 32.4 Å². The lowest BCUT2D eigenvalue weighted by molar-refractivity contribution is -0.138. The Hall–Kier alpha value is -1.56. The third-order valence-electron chi connectivity index (χ3n) is 4.21. The second kappa shape index (κ2) is 6.15. The van der Waals surface area contributed by atoms with Crippen molar-refractivity contribution in [2.75, 3.05) is 33.2 Å². The SMILES string of the molecule is CN1CCN(C(=O)c2ccc(C(C)(C)C)cc2C(F)(F)F)CC1. The second-order valence-electron chi connectivity index (χ2n) is 7.10. The molecule has 128 valence electrons. The van der Waals surface area contributed by atoms with Gasteiger partial charge in [-0.05, 0) is 30.2 Å². The topological polar surface area (TPSA) is 23.6 Å². The minimum atomic E-state index is -4.54. The van der Waals surface area contributed by atoms with Gasteiger partial charge in [-0.2, -0.15) is 13.2 Å². The van der Waals surface area contributed by atoms with E-state index in [-0.39, 0.29) is 5.56 Å². The monoisotopic (exact) mass is 328 g/mol. The smallest absolute Gasteiger partial charge is 0.336 e. The molecule has 0 radical (unpaired) electrons. The molecule has 1 aliphatic rings. The summed E-state index contributed by atoms with van der Waals surface area (Å²) < 4.78 is 40.3. The van der Waals surface area contributed by atoms with E-state index in [2.05, 4.69) is 4.90 Å². The molecule has 23 heavy (non-hydrogen) atoms. The van der Waals surface area contributed by atoms with E-state index in [4.69, 9.17) is 0 Å². The van der Waals surface area contributed by atoms with Crippen LogP contribution in [-0.2, 0) is 11.6 Å². The number of piperazine rings is 1. The van der Waals surface area contributed by atoms with E-state index in [1.54, 1.807) is 6.07 Å². The van der Waals surface area contributed by atoms with Crippen molar-refractivity contribution in [2.24, 2.45) is 0 Å². The third kappa shape index (κ3) is 4.05. The van der Waals surface area contributed by atoms with Crippen molar-refractivity contribution in [1.29, 1.82) is 0 Å². The maximum atomic E-state index is 13.4. The molecule has 0 unspecified atom stereocenters. The van der Waals surface area contributed by atoms with Crippen molar-refractivity contribution < 1.29 is 18.0 Å². The number of nitrogens with zero attached hydrogens (tertiary/aromatic N) is 2. The van der Waals surface area contributed by atoms with E-state index in [0.717, 1.165) is 6.07 Å². The van der Waals surface area contributed by atoms with Gasteiger partial charge in [0.25, 0.3) is 5.91 Å². The number of benzene rings is 1. The molecule has 0 bridgehead atoms. The third-order valence-corrected chi connectivity index (χ3v) is 4.21. The van der Waals surface area contributed by atoms with Crippen LogP contribution in [0.3, 0.4) is 0 Å². The lowest BCUT2D eigenvalue weighted by Gasteiger charge is -2.33. The predicted octanol–water partition coefficient (Wildman–Crippen LogP) is 3.39. The molecule has 0 aliphatic carbocycles. The molecule has 1 heterocycles. The number of hydrogen-bond acceptors (Lipinski definition) is 2. The Balaban J connectivity index is 2.39. The number of carbonyl (C=O) groups is 1. The Morgan fingerprint density at radius 2 is 1.61 bits per heavy atom. The zero-order valence-corrected chi connectivity index (χ0v) is 14.0. The van der Waals surface area contributed by atoms with Gasteiger partial charge in [-0.25, -0.2) is 0 Å². The summed E-state index contributed by atoms with van der Waals surface area (Å²) in [6.45, 7) is 7.81. The van der Waals surface area contributed by atoms with Crippen LogP contribution >= 0.6 is 0 Å². The van der Waals surface area contributed by atoms with Crippen LogP contribution in [-0.4, -0.2) is 48.9 Å². The van der Waals surface area contributed by atoms with E-state index >= 15 is 0 Å². The van der Waals surface area contributed by atoms with Crippen molar-refractivity contribution in [1.82, 2.24) is 9.80 Å². The van der Waals surface area contributed by atoms with Gasteiger partial charge in [-0.1, -0.05) is 26.8 Å². The molecule has 6 heteroatoms. The maximum absolute atomic E-state index is 13.4. The highest BCUT2D eigenvalue weighted by Crippen LogP contribution is 2.36. The maximum Gasteiger partial charge on any atom is 0.417 e. The zero-order chi connectivity index (χ0) is 17.4.